The zero-order valence-corrected chi connectivity index (χ0v) is 13.6. The number of aromatic hydroxyl groups is 1. The fourth-order valence-electron chi connectivity index (χ4n) is 3.38. The molecule has 0 aliphatic heterocycles. The van der Waals surface area contributed by atoms with E-state index in [1.54, 1.807) is 12.1 Å². The summed E-state index contributed by atoms with van der Waals surface area (Å²) in [4.78, 5) is 14.5. The predicted molar refractivity (Wildman–Crippen MR) is 89.0 cm³/mol. The maximum Gasteiger partial charge on any atom is 0.255 e. The van der Waals surface area contributed by atoms with E-state index in [0.29, 0.717) is 12.2 Å². The van der Waals surface area contributed by atoms with Crippen LogP contribution in [0.2, 0.25) is 0 Å². The Labute approximate surface area is 132 Å². The summed E-state index contributed by atoms with van der Waals surface area (Å²) in [5, 5.41) is 12.7. The van der Waals surface area contributed by atoms with Gasteiger partial charge in [-0.1, -0.05) is 19.3 Å². The first kappa shape index (κ1) is 16.6. The predicted octanol–water partition coefficient (Wildman–Crippen LogP) is 2.36. The Balaban J connectivity index is 1.93. The number of carbonyl (C=O) groups excluding carboxylic acids is 1. The maximum absolute atomic E-state index is 12.2. The number of phenolic OH excluding ortho intramolecular Hbond substituents is 1. The van der Waals surface area contributed by atoms with Crippen LogP contribution in [0.15, 0.2) is 18.2 Å². The number of amides is 1. The van der Waals surface area contributed by atoms with E-state index in [4.69, 9.17) is 5.73 Å². The van der Waals surface area contributed by atoms with E-state index in [9.17, 15) is 9.90 Å². The van der Waals surface area contributed by atoms with Gasteiger partial charge in [0.25, 0.3) is 5.91 Å². The van der Waals surface area contributed by atoms with E-state index in [1.807, 2.05) is 0 Å². The van der Waals surface area contributed by atoms with E-state index in [-0.39, 0.29) is 22.8 Å². The lowest BCUT2D eigenvalue weighted by atomic mass is 9.78. The average Bonchev–Trinajstić information content (AvgIpc) is 2.47. The molecule has 1 amide bonds. The lowest BCUT2D eigenvalue weighted by molar-refractivity contribution is 0.0834. The van der Waals surface area contributed by atoms with Crippen LogP contribution in [0.1, 0.15) is 48.9 Å². The lowest BCUT2D eigenvalue weighted by Gasteiger charge is -2.43. The fraction of sp³-hybridized carbons (Fsp3) is 0.588. The minimum atomic E-state index is -0.248. The number of benzene rings is 1. The maximum atomic E-state index is 12.2. The number of rotatable bonds is 5. The van der Waals surface area contributed by atoms with Crippen molar-refractivity contribution in [2.75, 3.05) is 26.4 Å². The summed E-state index contributed by atoms with van der Waals surface area (Å²) in [5.41, 5.74) is 6.49. The molecule has 1 saturated carbocycles. The van der Waals surface area contributed by atoms with Crippen molar-refractivity contribution in [1.82, 2.24) is 10.2 Å². The SMILES string of the molecule is CN(C)C1(CCNC(=O)c2ccc(N)cc2O)CCCCC1. The van der Waals surface area contributed by atoms with Crippen LogP contribution < -0.4 is 11.1 Å². The Bertz CT molecular complexity index is 523. The molecule has 0 unspecified atom stereocenters. The number of nitrogens with zero attached hydrogens (tertiary/aromatic N) is 1. The third-order valence-corrected chi connectivity index (χ3v) is 4.88. The summed E-state index contributed by atoms with van der Waals surface area (Å²) in [6.45, 7) is 0.612. The normalized spacial score (nSPS) is 17.4. The summed E-state index contributed by atoms with van der Waals surface area (Å²) in [5.74, 6) is -0.320. The van der Waals surface area contributed by atoms with Gasteiger partial charge in [0.1, 0.15) is 5.75 Å². The quantitative estimate of drug-likeness (QED) is 0.730. The average molecular weight is 305 g/mol. The standard InChI is InChI=1S/C17H27N3O2/c1-20(2)17(8-4-3-5-9-17)10-11-19-16(22)14-7-6-13(18)12-15(14)21/h6-7,12,21H,3-5,8-11,18H2,1-2H3,(H,19,22). The van der Waals surface area contributed by atoms with Gasteiger partial charge in [0.05, 0.1) is 5.56 Å². The van der Waals surface area contributed by atoms with Gasteiger partial charge in [0.15, 0.2) is 0 Å². The molecule has 0 radical (unpaired) electrons. The molecule has 5 heteroatoms. The molecule has 1 aromatic rings. The zero-order valence-electron chi connectivity index (χ0n) is 13.6. The molecule has 1 aliphatic carbocycles. The second-order valence-electron chi connectivity index (χ2n) is 6.46. The first-order valence-corrected chi connectivity index (χ1v) is 7.99. The second kappa shape index (κ2) is 7.01. The van der Waals surface area contributed by atoms with Gasteiger partial charge in [-0.25, -0.2) is 0 Å². The number of phenols is 1. The Morgan fingerprint density at radius 3 is 2.59 bits per heavy atom. The number of anilines is 1. The summed E-state index contributed by atoms with van der Waals surface area (Å²) in [6.07, 6.45) is 7.12. The van der Waals surface area contributed by atoms with Crippen molar-refractivity contribution < 1.29 is 9.90 Å². The molecule has 0 aromatic heterocycles. The fourth-order valence-corrected chi connectivity index (χ4v) is 3.38. The highest BCUT2D eigenvalue weighted by molar-refractivity contribution is 5.97. The third kappa shape index (κ3) is 3.71. The van der Waals surface area contributed by atoms with Crippen molar-refractivity contribution in [2.45, 2.75) is 44.1 Å². The smallest absolute Gasteiger partial charge is 0.255 e. The number of carbonyl (C=O) groups is 1. The summed E-state index contributed by atoms with van der Waals surface area (Å²) >= 11 is 0. The highest BCUT2D eigenvalue weighted by Gasteiger charge is 2.33. The van der Waals surface area contributed by atoms with Crippen LogP contribution in [-0.4, -0.2) is 42.1 Å². The topological polar surface area (TPSA) is 78.6 Å². The number of hydrogen-bond acceptors (Lipinski definition) is 4. The van der Waals surface area contributed by atoms with Crippen molar-refractivity contribution in [3.05, 3.63) is 23.8 Å². The van der Waals surface area contributed by atoms with Gasteiger partial charge in [0.2, 0.25) is 0 Å². The van der Waals surface area contributed by atoms with E-state index in [1.165, 1.54) is 38.2 Å². The monoisotopic (exact) mass is 305 g/mol. The molecule has 1 aromatic carbocycles. The Kier molecular flexibility index (Phi) is 5.29. The van der Waals surface area contributed by atoms with Gasteiger partial charge in [-0.05, 0) is 45.5 Å². The van der Waals surface area contributed by atoms with Crippen LogP contribution >= 0.6 is 0 Å². The van der Waals surface area contributed by atoms with Gasteiger partial charge in [0, 0.05) is 23.8 Å². The second-order valence-corrected chi connectivity index (χ2v) is 6.46. The zero-order chi connectivity index (χ0) is 16.2. The van der Waals surface area contributed by atoms with Gasteiger partial charge in [-0.15, -0.1) is 0 Å². The molecule has 4 N–H and O–H groups in total. The first-order valence-electron chi connectivity index (χ1n) is 7.99. The number of nitrogen functional groups attached to an aromatic ring is 1. The summed E-state index contributed by atoms with van der Waals surface area (Å²) in [7, 11) is 4.25. The molecule has 1 fully saturated rings. The highest BCUT2D eigenvalue weighted by Crippen LogP contribution is 2.34. The van der Waals surface area contributed by atoms with Crippen molar-refractivity contribution in [3.8, 4) is 5.75 Å². The summed E-state index contributed by atoms with van der Waals surface area (Å²) < 4.78 is 0. The van der Waals surface area contributed by atoms with Crippen LogP contribution in [0.3, 0.4) is 0 Å². The highest BCUT2D eigenvalue weighted by atomic mass is 16.3. The molecular weight excluding hydrogens is 278 g/mol. The van der Waals surface area contributed by atoms with Gasteiger partial charge in [-0.2, -0.15) is 0 Å². The first-order chi connectivity index (χ1) is 10.4. The van der Waals surface area contributed by atoms with Crippen molar-refractivity contribution in [1.29, 1.82) is 0 Å². The molecule has 2 rings (SSSR count). The van der Waals surface area contributed by atoms with E-state index < -0.39 is 0 Å². The molecule has 0 heterocycles. The van der Waals surface area contributed by atoms with Crippen LogP contribution in [0, 0.1) is 0 Å². The molecule has 0 spiro atoms. The largest absolute Gasteiger partial charge is 0.507 e. The van der Waals surface area contributed by atoms with Crippen molar-refractivity contribution in [2.24, 2.45) is 0 Å². The van der Waals surface area contributed by atoms with Crippen LogP contribution in [0.25, 0.3) is 0 Å². The Hall–Kier alpha value is -1.75. The van der Waals surface area contributed by atoms with Crippen LogP contribution in [0.4, 0.5) is 5.69 Å². The summed E-state index contributed by atoms with van der Waals surface area (Å²) in [6, 6.07) is 4.58. The lowest BCUT2D eigenvalue weighted by Crippen LogP contribution is -2.48. The van der Waals surface area contributed by atoms with Crippen LogP contribution in [-0.2, 0) is 0 Å². The Morgan fingerprint density at radius 1 is 1.32 bits per heavy atom. The van der Waals surface area contributed by atoms with E-state index >= 15 is 0 Å². The van der Waals surface area contributed by atoms with Gasteiger partial charge in [-0.3, -0.25) is 4.79 Å². The molecule has 1 aliphatic rings. The van der Waals surface area contributed by atoms with Crippen molar-refractivity contribution in [3.63, 3.8) is 0 Å². The number of hydrogen-bond donors (Lipinski definition) is 3. The molecule has 0 bridgehead atoms. The molecule has 0 atom stereocenters. The number of nitrogens with one attached hydrogen (secondary N) is 1. The molecule has 0 saturated heterocycles. The van der Waals surface area contributed by atoms with Crippen molar-refractivity contribution >= 4 is 11.6 Å². The van der Waals surface area contributed by atoms with Gasteiger partial charge >= 0.3 is 0 Å². The van der Waals surface area contributed by atoms with E-state index in [2.05, 4.69) is 24.3 Å². The molecule has 122 valence electrons. The third-order valence-electron chi connectivity index (χ3n) is 4.88. The minimum absolute atomic E-state index is 0.0718. The van der Waals surface area contributed by atoms with Gasteiger partial charge < -0.3 is 21.1 Å². The Morgan fingerprint density at radius 2 is 2.00 bits per heavy atom. The van der Waals surface area contributed by atoms with E-state index in [0.717, 1.165) is 6.42 Å². The molecule has 22 heavy (non-hydrogen) atoms. The molecular formula is C17H27N3O2. The molecule has 5 nitrogen and oxygen atoms in total. The van der Waals surface area contributed by atoms with Crippen LogP contribution in [0.5, 0.6) is 5.75 Å². The number of nitrogens with two attached hydrogens (primary N) is 1. The minimum Gasteiger partial charge on any atom is -0.507 e.